The number of likely N-dealkylation sites (tertiary alicyclic amines) is 1. The van der Waals surface area contributed by atoms with Crippen molar-refractivity contribution < 1.29 is 23.7 Å². The van der Waals surface area contributed by atoms with Gasteiger partial charge >= 0.3 is 0 Å². The van der Waals surface area contributed by atoms with Gasteiger partial charge in [-0.1, -0.05) is 18.2 Å². The van der Waals surface area contributed by atoms with Crippen LogP contribution in [0, 0.1) is 0 Å². The highest BCUT2D eigenvalue weighted by atomic mass is 35.5. The van der Waals surface area contributed by atoms with Crippen LogP contribution in [0.5, 0.6) is 28.7 Å². The highest BCUT2D eigenvalue weighted by Gasteiger charge is 2.24. The number of nitrogens with one attached hydrogen (secondary N) is 1. The smallest absolute Gasteiger partial charge is 0.245 e. The summed E-state index contributed by atoms with van der Waals surface area (Å²) in [7, 11) is 3.14. The van der Waals surface area contributed by atoms with Gasteiger partial charge in [-0.15, -0.1) is 0 Å². The lowest BCUT2D eigenvalue weighted by Gasteiger charge is -2.31. The molecule has 13 heteroatoms. The van der Waals surface area contributed by atoms with Crippen LogP contribution in [-0.2, 0) is 4.79 Å². The van der Waals surface area contributed by atoms with Crippen molar-refractivity contribution in [1.29, 1.82) is 0 Å². The van der Waals surface area contributed by atoms with Gasteiger partial charge in [0.1, 0.15) is 41.8 Å². The molecular weight excluding hydrogens is 574 g/mol. The number of methoxy groups -OCH3 is 2. The predicted octanol–water partition coefficient (Wildman–Crippen LogP) is 5.43. The predicted molar refractivity (Wildman–Crippen MR) is 161 cm³/mol. The van der Waals surface area contributed by atoms with Gasteiger partial charge in [0.15, 0.2) is 17.1 Å². The molecule has 1 aliphatic heterocycles. The van der Waals surface area contributed by atoms with Gasteiger partial charge in [-0.3, -0.25) is 4.79 Å². The number of ether oxygens (including phenoxy) is 4. The Hall–Kier alpha value is -5.10. The van der Waals surface area contributed by atoms with Gasteiger partial charge in [-0.25, -0.2) is 19.5 Å². The van der Waals surface area contributed by atoms with Gasteiger partial charge in [0, 0.05) is 55.7 Å². The van der Waals surface area contributed by atoms with Gasteiger partial charge in [-0.05, 0) is 24.3 Å². The van der Waals surface area contributed by atoms with E-state index in [0.29, 0.717) is 87.8 Å². The van der Waals surface area contributed by atoms with E-state index in [-0.39, 0.29) is 12.0 Å². The van der Waals surface area contributed by atoms with Crippen LogP contribution in [0.1, 0.15) is 12.8 Å². The molecule has 43 heavy (non-hydrogen) atoms. The summed E-state index contributed by atoms with van der Waals surface area (Å²) < 4.78 is 25.3. The summed E-state index contributed by atoms with van der Waals surface area (Å²) in [6.45, 7) is 4.76. The second kappa shape index (κ2) is 12.0. The number of halogens is 1. The number of benzene rings is 2. The van der Waals surface area contributed by atoms with Crippen LogP contribution in [0.2, 0.25) is 5.02 Å². The summed E-state index contributed by atoms with van der Waals surface area (Å²) in [5, 5.41) is 8.48. The van der Waals surface area contributed by atoms with Gasteiger partial charge in [-0.2, -0.15) is 5.10 Å². The summed E-state index contributed by atoms with van der Waals surface area (Å²) in [6, 6.07) is 10.6. The average Bonchev–Trinajstić information content (AvgIpc) is 3.50. The molecule has 0 atom stereocenters. The number of amides is 1. The van der Waals surface area contributed by atoms with Crippen LogP contribution in [-0.4, -0.2) is 68.8 Å². The van der Waals surface area contributed by atoms with Crippen LogP contribution >= 0.6 is 11.6 Å². The molecule has 1 N–H and O–H groups in total. The van der Waals surface area contributed by atoms with E-state index in [4.69, 9.17) is 30.5 Å². The maximum atomic E-state index is 12.0. The van der Waals surface area contributed by atoms with E-state index in [1.54, 1.807) is 60.2 Å². The van der Waals surface area contributed by atoms with Gasteiger partial charge in [0.2, 0.25) is 5.91 Å². The van der Waals surface area contributed by atoms with E-state index >= 15 is 0 Å². The largest absolute Gasteiger partial charge is 0.494 e. The van der Waals surface area contributed by atoms with E-state index < -0.39 is 0 Å². The maximum absolute atomic E-state index is 12.0. The SMILES string of the molecule is C=CC(=O)N1CCC(Oc2cc3c(Nc4cc(Cl)c(Oc5ccn6ncnc6c5)cc4OC)ncnc3cc2OC)CC1. The van der Waals surface area contributed by atoms with Gasteiger partial charge in [0.05, 0.1) is 30.4 Å². The fraction of sp³-hybridized carbons (Fsp3) is 0.233. The van der Waals surface area contributed by atoms with Crippen LogP contribution in [0.3, 0.4) is 0 Å². The Morgan fingerprint density at radius 1 is 1.00 bits per heavy atom. The number of aromatic nitrogens is 5. The number of piperidine rings is 1. The van der Waals surface area contributed by atoms with Gasteiger partial charge < -0.3 is 29.2 Å². The monoisotopic (exact) mass is 601 g/mol. The Labute approximate surface area is 251 Å². The van der Waals surface area contributed by atoms with E-state index in [1.807, 2.05) is 6.07 Å². The first kappa shape index (κ1) is 28.0. The minimum Gasteiger partial charge on any atom is -0.494 e. The molecule has 1 saturated heterocycles. The number of fused-ring (bicyclic) bond motifs is 2. The molecular formula is C30H28ClN7O5. The fourth-order valence-electron chi connectivity index (χ4n) is 4.91. The van der Waals surface area contributed by atoms with Crippen LogP contribution in [0.25, 0.3) is 16.6 Å². The molecule has 1 aliphatic rings. The van der Waals surface area contributed by atoms with Crippen molar-refractivity contribution in [3.05, 3.63) is 72.9 Å². The number of hydrogen-bond acceptors (Lipinski definition) is 10. The van der Waals surface area contributed by atoms with E-state index in [2.05, 4.69) is 31.9 Å². The molecule has 3 aromatic heterocycles. The van der Waals surface area contributed by atoms with E-state index in [9.17, 15) is 4.79 Å². The molecule has 1 amide bonds. The summed E-state index contributed by atoms with van der Waals surface area (Å²) in [4.78, 5) is 26.8. The third kappa shape index (κ3) is 5.82. The molecule has 1 fully saturated rings. The number of nitrogens with zero attached hydrogens (tertiary/aromatic N) is 6. The average molecular weight is 602 g/mol. The third-order valence-electron chi connectivity index (χ3n) is 7.13. The van der Waals surface area contributed by atoms with Crippen molar-refractivity contribution in [2.75, 3.05) is 32.6 Å². The molecule has 4 heterocycles. The first-order valence-electron chi connectivity index (χ1n) is 13.5. The Morgan fingerprint density at radius 3 is 2.58 bits per heavy atom. The molecule has 0 spiro atoms. The van der Waals surface area contributed by atoms with Crippen molar-refractivity contribution in [3.8, 4) is 28.7 Å². The molecule has 220 valence electrons. The number of hydrogen-bond donors (Lipinski definition) is 1. The Kier molecular flexibility index (Phi) is 7.84. The van der Waals surface area contributed by atoms with E-state index in [1.165, 1.54) is 18.7 Å². The zero-order chi connectivity index (χ0) is 29.9. The number of pyridine rings is 1. The molecule has 0 aliphatic carbocycles. The second-order valence-corrected chi connectivity index (χ2v) is 10.1. The summed E-state index contributed by atoms with van der Waals surface area (Å²) in [6.07, 6.45) is 7.31. The Bertz CT molecular complexity index is 1820. The fourth-order valence-corrected chi connectivity index (χ4v) is 5.11. The maximum Gasteiger partial charge on any atom is 0.245 e. The Morgan fingerprint density at radius 2 is 1.81 bits per heavy atom. The number of rotatable bonds is 9. The molecule has 6 rings (SSSR count). The van der Waals surface area contributed by atoms with Crippen LogP contribution in [0.4, 0.5) is 11.5 Å². The molecule has 5 aromatic rings. The number of carbonyl (C=O) groups excluding carboxylic acids is 1. The zero-order valence-corrected chi connectivity index (χ0v) is 24.2. The van der Waals surface area contributed by atoms with Crippen molar-refractivity contribution >= 4 is 45.6 Å². The lowest BCUT2D eigenvalue weighted by Crippen LogP contribution is -2.41. The minimum absolute atomic E-state index is 0.0712. The normalized spacial score (nSPS) is 13.6. The van der Waals surface area contributed by atoms with Gasteiger partial charge in [0.25, 0.3) is 0 Å². The van der Waals surface area contributed by atoms with E-state index in [0.717, 1.165) is 0 Å². The third-order valence-corrected chi connectivity index (χ3v) is 7.43. The highest BCUT2D eigenvalue weighted by Crippen LogP contribution is 2.41. The lowest BCUT2D eigenvalue weighted by molar-refractivity contribution is -0.127. The number of anilines is 2. The highest BCUT2D eigenvalue weighted by molar-refractivity contribution is 6.32. The van der Waals surface area contributed by atoms with Crippen molar-refractivity contribution in [3.63, 3.8) is 0 Å². The molecule has 0 unspecified atom stereocenters. The second-order valence-electron chi connectivity index (χ2n) is 9.72. The number of carbonyl (C=O) groups is 1. The minimum atomic E-state index is -0.0850. The topological polar surface area (TPSA) is 125 Å². The molecule has 0 radical (unpaired) electrons. The molecule has 0 bridgehead atoms. The van der Waals surface area contributed by atoms with Crippen LogP contribution in [0.15, 0.2) is 67.9 Å². The quantitative estimate of drug-likeness (QED) is 0.218. The summed E-state index contributed by atoms with van der Waals surface area (Å²) in [5.41, 5.74) is 1.87. The summed E-state index contributed by atoms with van der Waals surface area (Å²) in [5.74, 6) is 2.99. The summed E-state index contributed by atoms with van der Waals surface area (Å²) >= 11 is 6.65. The first-order valence-corrected chi connectivity index (χ1v) is 13.9. The standard InChI is InChI=1S/C30H28ClN7O5/c1-4-29(39)37-8-5-18(6-9-37)42-27-12-20-22(14-26(27)41-3)32-16-34-30(20)36-23-13-21(31)24(15-25(23)40-2)43-19-7-10-38-28(11-19)33-17-35-38/h4,7,10-18H,1,5-6,8-9H2,2-3H3,(H,32,34,36). The first-order chi connectivity index (χ1) is 20.9. The molecule has 0 saturated carbocycles. The van der Waals surface area contributed by atoms with Crippen molar-refractivity contribution in [2.24, 2.45) is 0 Å². The van der Waals surface area contributed by atoms with Crippen molar-refractivity contribution in [1.82, 2.24) is 29.5 Å². The van der Waals surface area contributed by atoms with Crippen molar-refractivity contribution in [2.45, 2.75) is 18.9 Å². The Balaban J connectivity index is 1.26. The molecule has 2 aromatic carbocycles. The van der Waals surface area contributed by atoms with Crippen LogP contribution < -0.4 is 24.3 Å². The molecule has 12 nitrogen and oxygen atoms in total. The zero-order valence-electron chi connectivity index (χ0n) is 23.5. The lowest BCUT2D eigenvalue weighted by atomic mass is 10.1.